The lowest BCUT2D eigenvalue weighted by Crippen LogP contribution is -2.50. The highest BCUT2D eigenvalue weighted by Crippen LogP contribution is 2.47. The molecular weight excluding hydrogens is 562 g/mol. The van der Waals surface area contributed by atoms with Crippen LogP contribution in [0.4, 0.5) is 14.6 Å². The van der Waals surface area contributed by atoms with Gasteiger partial charge in [0.2, 0.25) is 0 Å². The maximum absolute atomic E-state index is 16.8. The van der Waals surface area contributed by atoms with Crippen LogP contribution in [-0.4, -0.2) is 72.0 Å². The summed E-state index contributed by atoms with van der Waals surface area (Å²) in [5, 5.41) is 11.9. The van der Waals surface area contributed by atoms with Crippen molar-refractivity contribution >= 4 is 27.5 Å². The van der Waals surface area contributed by atoms with E-state index in [1.165, 1.54) is 24.3 Å². The summed E-state index contributed by atoms with van der Waals surface area (Å²) in [6.45, 7) is 5.24. The summed E-state index contributed by atoms with van der Waals surface area (Å²) < 4.78 is 43.7. The first-order valence-electron chi connectivity index (χ1n) is 15.4. The number of piperidine rings is 1. The first-order valence-corrected chi connectivity index (χ1v) is 15.4. The van der Waals surface area contributed by atoms with Gasteiger partial charge in [0.15, 0.2) is 5.82 Å². The van der Waals surface area contributed by atoms with Gasteiger partial charge in [0.25, 0.3) is 0 Å². The van der Waals surface area contributed by atoms with Crippen molar-refractivity contribution in [3.8, 4) is 35.2 Å². The molecule has 0 amide bonds. The maximum Gasteiger partial charge on any atom is 0.319 e. The number of morpholine rings is 1. The lowest BCUT2D eigenvalue weighted by molar-refractivity contribution is 0.0133. The molecule has 1 N–H and O–H groups in total. The second-order valence-corrected chi connectivity index (χ2v) is 12.6. The monoisotopic (exact) mass is 598 g/mol. The number of halogens is 2. The van der Waals surface area contributed by atoms with Gasteiger partial charge in [0.05, 0.1) is 31.4 Å². The highest BCUT2D eigenvalue weighted by molar-refractivity contribution is 6.04. The molecule has 2 saturated heterocycles. The summed E-state index contributed by atoms with van der Waals surface area (Å²) in [7, 11) is 2.19. The number of aromatic nitrogens is 2. The van der Waals surface area contributed by atoms with Crippen LogP contribution < -0.4 is 9.64 Å². The van der Waals surface area contributed by atoms with Crippen LogP contribution in [0.5, 0.6) is 11.8 Å². The van der Waals surface area contributed by atoms with E-state index in [0.717, 1.165) is 38.6 Å². The lowest BCUT2D eigenvalue weighted by atomic mass is 9.76. The summed E-state index contributed by atoms with van der Waals surface area (Å²) in [5.74, 6) is 1.70. The molecule has 3 aliphatic rings. The molecule has 3 fully saturated rings. The number of phenolic OH excluding ortho intramolecular Hbond substituents is 1. The second kappa shape index (κ2) is 11.2. The number of benzene rings is 3. The molecule has 228 valence electrons. The minimum absolute atomic E-state index is 0.00867. The molecule has 1 aromatic heterocycles. The molecule has 7 rings (SSSR count). The number of nitrogens with zero attached hydrogens (tertiary/aromatic N) is 4. The van der Waals surface area contributed by atoms with Crippen molar-refractivity contribution in [1.82, 2.24) is 14.9 Å². The third-order valence-electron chi connectivity index (χ3n) is 9.96. The van der Waals surface area contributed by atoms with Crippen LogP contribution in [-0.2, 0) is 4.74 Å². The van der Waals surface area contributed by atoms with E-state index in [1.807, 2.05) is 6.92 Å². The Bertz CT molecular complexity index is 1810. The molecule has 4 aromatic rings. The van der Waals surface area contributed by atoms with Gasteiger partial charge in [-0.1, -0.05) is 24.5 Å². The number of ether oxygens (including phenoxy) is 2. The number of hydrogen-bond donors (Lipinski definition) is 1. The molecule has 7 nitrogen and oxygen atoms in total. The number of anilines is 1. The van der Waals surface area contributed by atoms with Gasteiger partial charge < -0.3 is 24.4 Å². The molecule has 3 unspecified atom stereocenters. The number of fused-ring (bicyclic) bond motifs is 3. The van der Waals surface area contributed by atoms with E-state index < -0.39 is 11.6 Å². The van der Waals surface area contributed by atoms with Gasteiger partial charge in [0, 0.05) is 34.3 Å². The van der Waals surface area contributed by atoms with Crippen LogP contribution >= 0.6 is 0 Å². The molecule has 0 spiro atoms. The predicted molar refractivity (Wildman–Crippen MR) is 167 cm³/mol. The van der Waals surface area contributed by atoms with Crippen LogP contribution in [0.25, 0.3) is 32.8 Å². The van der Waals surface area contributed by atoms with Crippen molar-refractivity contribution in [2.45, 2.75) is 51.1 Å². The summed E-state index contributed by atoms with van der Waals surface area (Å²) in [4.78, 5) is 14.1. The van der Waals surface area contributed by atoms with E-state index in [4.69, 9.17) is 20.9 Å². The van der Waals surface area contributed by atoms with Gasteiger partial charge in [-0.3, -0.25) is 0 Å². The largest absolute Gasteiger partial charge is 0.508 e. The predicted octanol–water partition coefficient (Wildman–Crippen LogP) is 6.28. The fourth-order valence-electron chi connectivity index (χ4n) is 7.82. The normalized spacial score (nSPS) is 24.0. The summed E-state index contributed by atoms with van der Waals surface area (Å²) in [5.41, 5.74) is 0.558. The average molecular weight is 599 g/mol. The Morgan fingerprint density at radius 2 is 1.95 bits per heavy atom. The number of rotatable bonds is 5. The zero-order valence-corrected chi connectivity index (χ0v) is 25.1. The van der Waals surface area contributed by atoms with Gasteiger partial charge >= 0.3 is 6.01 Å². The summed E-state index contributed by atoms with van der Waals surface area (Å²) in [6, 6.07) is 9.67. The van der Waals surface area contributed by atoms with E-state index in [9.17, 15) is 9.50 Å². The molecule has 1 aliphatic carbocycles. The Morgan fingerprint density at radius 1 is 1.11 bits per heavy atom. The molecule has 3 atom stereocenters. The van der Waals surface area contributed by atoms with Crippen molar-refractivity contribution in [3.63, 3.8) is 0 Å². The fourth-order valence-corrected chi connectivity index (χ4v) is 7.82. The SMILES string of the molecule is C#Cc1c(F)ccc2cc(O)cc(-c3ccc4c(N5CCOCC5C)nc(OCC56CCCC5N(C)CCC6)nc4c3F)c12. The van der Waals surface area contributed by atoms with E-state index in [-0.39, 0.29) is 45.4 Å². The van der Waals surface area contributed by atoms with Gasteiger partial charge in [-0.25, -0.2) is 8.78 Å². The lowest BCUT2D eigenvalue weighted by Gasteiger charge is -2.44. The van der Waals surface area contributed by atoms with Crippen molar-refractivity contribution < 1.29 is 23.4 Å². The van der Waals surface area contributed by atoms with E-state index in [2.05, 4.69) is 27.8 Å². The topological polar surface area (TPSA) is 71.0 Å². The molecule has 3 aromatic carbocycles. The number of terminal acetylenes is 1. The molecule has 0 radical (unpaired) electrons. The number of aromatic hydroxyl groups is 1. The van der Waals surface area contributed by atoms with Crippen LogP contribution in [0, 0.1) is 29.4 Å². The highest BCUT2D eigenvalue weighted by atomic mass is 19.1. The van der Waals surface area contributed by atoms with Crippen LogP contribution in [0.15, 0.2) is 36.4 Å². The van der Waals surface area contributed by atoms with Gasteiger partial charge in [-0.2, -0.15) is 9.97 Å². The quantitative estimate of drug-likeness (QED) is 0.271. The molecule has 3 heterocycles. The van der Waals surface area contributed by atoms with Crippen molar-refractivity contribution in [2.24, 2.45) is 5.41 Å². The van der Waals surface area contributed by atoms with Crippen LogP contribution in [0.1, 0.15) is 44.6 Å². The second-order valence-electron chi connectivity index (χ2n) is 12.6. The number of hydrogen-bond acceptors (Lipinski definition) is 7. The maximum atomic E-state index is 16.8. The Balaban J connectivity index is 1.38. The van der Waals surface area contributed by atoms with Crippen molar-refractivity contribution in [2.75, 3.05) is 44.9 Å². The van der Waals surface area contributed by atoms with Crippen molar-refractivity contribution in [1.29, 1.82) is 0 Å². The van der Waals surface area contributed by atoms with E-state index in [1.54, 1.807) is 12.1 Å². The van der Waals surface area contributed by atoms with E-state index in [0.29, 0.717) is 54.4 Å². The van der Waals surface area contributed by atoms with Crippen LogP contribution in [0.2, 0.25) is 0 Å². The van der Waals surface area contributed by atoms with Crippen LogP contribution in [0.3, 0.4) is 0 Å². The smallest absolute Gasteiger partial charge is 0.319 e. The first-order chi connectivity index (χ1) is 21.3. The summed E-state index contributed by atoms with van der Waals surface area (Å²) >= 11 is 0. The first kappa shape index (κ1) is 28.8. The summed E-state index contributed by atoms with van der Waals surface area (Å²) in [6.07, 6.45) is 11.3. The van der Waals surface area contributed by atoms with Gasteiger partial charge in [-0.15, -0.1) is 6.42 Å². The third-order valence-corrected chi connectivity index (χ3v) is 9.96. The zero-order chi connectivity index (χ0) is 30.6. The highest BCUT2D eigenvalue weighted by Gasteiger charge is 2.47. The Labute approximate surface area is 255 Å². The van der Waals surface area contributed by atoms with Crippen molar-refractivity contribution in [3.05, 3.63) is 53.6 Å². The third kappa shape index (κ3) is 4.72. The molecule has 1 saturated carbocycles. The Kier molecular flexibility index (Phi) is 7.30. The van der Waals surface area contributed by atoms with Gasteiger partial charge in [-0.05, 0) is 81.4 Å². The molecule has 0 bridgehead atoms. The van der Waals surface area contributed by atoms with E-state index >= 15 is 4.39 Å². The molecular formula is C35H36F2N4O3. The number of likely N-dealkylation sites (tertiary alicyclic amines) is 1. The molecule has 2 aliphatic heterocycles. The molecule has 9 heteroatoms. The average Bonchev–Trinajstić information content (AvgIpc) is 3.46. The minimum Gasteiger partial charge on any atom is -0.508 e. The molecule has 44 heavy (non-hydrogen) atoms. The Morgan fingerprint density at radius 3 is 2.77 bits per heavy atom. The fraction of sp³-hybridized carbons (Fsp3) is 0.429. The zero-order valence-electron chi connectivity index (χ0n) is 25.1. The minimum atomic E-state index is -0.620. The number of phenols is 1. The Hall–Kier alpha value is -4.00. The van der Waals surface area contributed by atoms with Gasteiger partial charge in [0.1, 0.15) is 22.9 Å². The standard InChI is InChI=1S/C35H36F2N4O3/c1-4-24-28(36)11-8-22-17-23(42)18-27(30(22)24)25-9-10-26-32(31(25)37)38-34(39-33(26)41-15-16-43-19-21(41)2)44-20-35-12-5-7-29(35)40(3)14-6-13-35/h1,8-11,17-18,21,29,42H,5-7,12-16,19-20H2,2-3H3.